The molecule has 29 heavy (non-hydrogen) atoms. The molecule has 1 amide bonds. The van der Waals surface area contributed by atoms with Crippen LogP contribution in [0.3, 0.4) is 0 Å². The monoisotopic (exact) mass is 415 g/mol. The second-order valence-corrected chi connectivity index (χ2v) is 6.14. The highest BCUT2D eigenvalue weighted by Crippen LogP contribution is 2.25. The Balaban J connectivity index is 1.98. The van der Waals surface area contributed by atoms with Gasteiger partial charge in [0, 0.05) is 22.7 Å². The van der Waals surface area contributed by atoms with E-state index in [1.165, 1.54) is 29.5 Å². The molecule has 0 unspecified atom stereocenters. The van der Waals surface area contributed by atoms with Crippen LogP contribution in [0, 0.1) is 10.1 Å². The molecule has 0 radical (unpaired) electrons. The zero-order chi connectivity index (χ0) is 21.0. The number of aromatic nitrogens is 3. The Morgan fingerprint density at radius 1 is 1.24 bits per heavy atom. The Morgan fingerprint density at radius 3 is 2.66 bits per heavy atom. The number of ether oxygens (including phenoxy) is 1. The van der Waals surface area contributed by atoms with Crippen molar-refractivity contribution in [2.24, 2.45) is 0 Å². The normalized spacial score (nSPS) is 10.4. The lowest BCUT2D eigenvalue weighted by Crippen LogP contribution is -2.16. The number of rotatable bonds is 6. The molecular weight excluding hydrogens is 402 g/mol. The van der Waals surface area contributed by atoms with Crippen LogP contribution < -0.4 is 5.32 Å². The van der Waals surface area contributed by atoms with Gasteiger partial charge in [-0.25, -0.2) is 14.5 Å². The average Bonchev–Trinajstić information content (AvgIpc) is 3.22. The number of nitro groups is 1. The number of non-ortho nitro benzene ring substituents is 1. The molecule has 1 heterocycles. The second kappa shape index (κ2) is 8.48. The van der Waals surface area contributed by atoms with E-state index in [2.05, 4.69) is 15.4 Å². The van der Waals surface area contributed by atoms with E-state index in [9.17, 15) is 19.7 Å². The lowest BCUT2D eigenvalue weighted by molar-refractivity contribution is -0.384. The van der Waals surface area contributed by atoms with Gasteiger partial charge in [-0.2, -0.15) is 5.10 Å². The molecule has 3 rings (SSSR count). The van der Waals surface area contributed by atoms with Crippen molar-refractivity contribution < 1.29 is 19.2 Å². The third kappa shape index (κ3) is 4.55. The molecule has 0 fully saturated rings. The fourth-order valence-electron chi connectivity index (χ4n) is 2.52. The first-order valence-electron chi connectivity index (χ1n) is 8.31. The Morgan fingerprint density at radius 2 is 2.00 bits per heavy atom. The van der Waals surface area contributed by atoms with Gasteiger partial charge in [0.2, 0.25) is 0 Å². The molecule has 1 aromatic heterocycles. The summed E-state index contributed by atoms with van der Waals surface area (Å²) in [5.74, 6) is -1.45. The number of carbonyl (C=O) groups is 2. The predicted molar refractivity (Wildman–Crippen MR) is 103 cm³/mol. The van der Waals surface area contributed by atoms with Crippen LogP contribution in [-0.4, -0.2) is 38.2 Å². The lowest BCUT2D eigenvalue weighted by Gasteiger charge is -2.12. The smallest absolute Gasteiger partial charge is 0.338 e. The Hall–Kier alpha value is -3.79. The SMILES string of the molecule is CCOC(=O)c1cc(C(=O)Nc2cc(Cl)ccc2-n2cncn2)cc([N+](=O)[O-])c1. The van der Waals surface area contributed by atoms with Crippen LogP contribution >= 0.6 is 11.6 Å². The van der Waals surface area contributed by atoms with E-state index in [4.69, 9.17) is 16.3 Å². The summed E-state index contributed by atoms with van der Waals surface area (Å²) in [5, 5.41) is 18.2. The van der Waals surface area contributed by atoms with Gasteiger partial charge in [-0.3, -0.25) is 14.9 Å². The zero-order valence-corrected chi connectivity index (χ0v) is 15.8. The second-order valence-electron chi connectivity index (χ2n) is 5.70. The van der Waals surface area contributed by atoms with Gasteiger partial charge in [0.05, 0.1) is 28.5 Å². The largest absolute Gasteiger partial charge is 0.462 e. The molecule has 0 saturated heterocycles. The fraction of sp³-hybridized carbons (Fsp3) is 0.111. The zero-order valence-electron chi connectivity index (χ0n) is 15.0. The van der Waals surface area contributed by atoms with Gasteiger partial charge in [0.1, 0.15) is 12.7 Å². The summed E-state index contributed by atoms with van der Waals surface area (Å²) >= 11 is 6.03. The number of nitrogens with zero attached hydrogens (tertiary/aromatic N) is 4. The number of esters is 1. The molecule has 10 nitrogen and oxygen atoms in total. The lowest BCUT2D eigenvalue weighted by atomic mass is 10.1. The van der Waals surface area contributed by atoms with E-state index in [1.807, 2.05) is 0 Å². The summed E-state index contributed by atoms with van der Waals surface area (Å²) in [5.41, 5.74) is 0.178. The van der Waals surface area contributed by atoms with Gasteiger partial charge in [-0.15, -0.1) is 0 Å². The van der Waals surface area contributed by atoms with Crippen molar-refractivity contribution in [3.05, 3.63) is 75.3 Å². The van der Waals surface area contributed by atoms with Crippen molar-refractivity contribution in [2.75, 3.05) is 11.9 Å². The molecule has 1 N–H and O–H groups in total. The number of halogens is 1. The summed E-state index contributed by atoms with van der Waals surface area (Å²) in [4.78, 5) is 39.1. The molecule has 0 aliphatic carbocycles. The first kappa shape index (κ1) is 20.0. The van der Waals surface area contributed by atoms with E-state index in [0.717, 1.165) is 12.1 Å². The summed E-state index contributed by atoms with van der Waals surface area (Å²) in [7, 11) is 0. The van der Waals surface area contributed by atoms with Gasteiger partial charge in [-0.1, -0.05) is 11.6 Å². The number of anilines is 1. The van der Waals surface area contributed by atoms with Crippen LogP contribution in [0.4, 0.5) is 11.4 Å². The van der Waals surface area contributed by atoms with Crippen LogP contribution in [0.1, 0.15) is 27.6 Å². The maximum Gasteiger partial charge on any atom is 0.338 e. The van der Waals surface area contributed by atoms with Crippen LogP contribution in [-0.2, 0) is 4.74 Å². The number of nitro benzene ring substituents is 1. The first-order chi connectivity index (χ1) is 13.9. The summed E-state index contributed by atoms with van der Waals surface area (Å²) in [6.07, 6.45) is 2.76. The van der Waals surface area contributed by atoms with Gasteiger partial charge in [0.15, 0.2) is 0 Å². The number of amides is 1. The van der Waals surface area contributed by atoms with E-state index < -0.39 is 22.5 Å². The van der Waals surface area contributed by atoms with Gasteiger partial charge in [-0.05, 0) is 31.2 Å². The highest BCUT2D eigenvalue weighted by atomic mass is 35.5. The quantitative estimate of drug-likeness (QED) is 0.371. The molecule has 11 heteroatoms. The summed E-state index contributed by atoms with van der Waals surface area (Å²) in [6, 6.07) is 8.08. The van der Waals surface area contributed by atoms with Gasteiger partial charge >= 0.3 is 5.97 Å². The number of nitrogens with one attached hydrogen (secondary N) is 1. The van der Waals surface area contributed by atoms with Crippen LogP contribution in [0.15, 0.2) is 49.1 Å². The van der Waals surface area contributed by atoms with E-state index in [0.29, 0.717) is 16.4 Å². The maximum atomic E-state index is 12.8. The minimum atomic E-state index is -0.767. The van der Waals surface area contributed by atoms with Crippen LogP contribution in [0.2, 0.25) is 5.02 Å². The van der Waals surface area contributed by atoms with Gasteiger partial charge < -0.3 is 10.1 Å². The minimum absolute atomic E-state index is 0.0901. The van der Waals surface area contributed by atoms with Crippen molar-refractivity contribution in [2.45, 2.75) is 6.92 Å². The van der Waals surface area contributed by atoms with E-state index in [-0.39, 0.29) is 17.7 Å². The standard InChI is InChI=1S/C18H14ClN5O5/c1-2-29-18(26)12-5-11(6-14(7-12)24(27)28)17(25)22-15-8-13(19)3-4-16(15)23-10-20-9-21-23/h3-10H,2H2,1H3,(H,22,25). The predicted octanol–water partition coefficient (Wildman–Crippen LogP) is 3.26. The van der Waals surface area contributed by atoms with Crippen molar-refractivity contribution in [1.82, 2.24) is 14.8 Å². The van der Waals surface area contributed by atoms with Crippen molar-refractivity contribution in [3.8, 4) is 5.69 Å². The highest BCUT2D eigenvalue weighted by Gasteiger charge is 2.20. The van der Waals surface area contributed by atoms with Crippen molar-refractivity contribution >= 4 is 34.9 Å². The van der Waals surface area contributed by atoms with Crippen LogP contribution in [0.25, 0.3) is 5.69 Å². The molecule has 0 bridgehead atoms. The molecule has 0 atom stereocenters. The third-order valence-electron chi connectivity index (χ3n) is 3.77. The maximum absolute atomic E-state index is 12.8. The Bertz CT molecular complexity index is 1080. The molecule has 0 aliphatic heterocycles. The summed E-state index contributed by atoms with van der Waals surface area (Å²) in [6.45, 7) is 1.69. The average molecular weight is 416 g/mol. The minimum Gasteiger partial charge on any atom is -0.462 e. The number of benzene rings is 2. The number of hydrogen-bond donors (Lipinski definition) is 1. The number of hydrogen-bond acceptors (Lipinski definition) is 7. The summed E-state index contributed by atoms with van der Waals surface area (Å²) < 4.78 is 6.29. The Labute approximate surface area is 169 Å². The molecule has 0 spiro atoms. The molecule has 3 aromatic rings. The molecule has 0 saturated carbocycles. The Kier molecular flexibility index (Phi) is 5.84. The van der Waals surface area contributed by atoms with Gasteiger partial charge in [0.25, 0.3) is 11.6 Å². The topological polar surface area (TPSA) is 129 Å². The van der Waals surface area contributed by atoms with Crippen LogP contribution in [0.5, 0.6) is 0 Å². The highest BCUT2D eigenvalue weighted by molar-refractivity contribution is 6.31. The molecule has 2 aromatic carbocycles. The number of carbonyl (C=O) groups excluding carboxylic acids is 2. The van der Waals surface area contributed by atoms with E-state index in [1.54, 1.807) is 19.1 Å². The fourth-order valence-corrected chi connectivity index (χ4v) is 2.69. The molecule has 0 aliphatic rings. The first-order valence-corrected chi connectivity index (χ1v) is 8.69. The third-order valence-corrected chi connectivity index (χ3v) is 4.01. The van der Waals surface area contributed by atoms with E-state index >= 15 is 0 Å². The molecular formula is C18H14ClN5O5. The molecule has 148 valence electrons. The van der Waals surface area contributed by atoms with Crippen molar-refractivity contribution in [3.63, 3.8) is 0 Å². The van der Waals surface area contributed by atoms with Crippen molar-refractivity contribution in [1.29, 1.82) is 0 Å².